The number of likely N-dealkylation sites (tertiary alicyclic amines) is 1. The van der Waals surface area contributed by atoms with Crippen molar-refractivity contribution in [3.8, 4) is 0 Å². The molecule has 2 aliphatic heterocycles. The zero-order valence-electron chi connectivity index (χ0n) is 14.7. The molecular formula is C20H23FN4O. The highest BCUT2D eigenvalue weighted by Gasteiger charge is 2.35. The second-order valence-electron chi connectivity index (χ2n) is 7.05. The lowest BCUT2D eigenvalue weighted by atomic mass is 9.94. The highest BCUT2D eigenvalue weighted by atomic mass is 19.1. The number of carbonyl (C=O) groups is 1. The summed E-state index contributed by atoms with van der Waals surface area (Å²) in [5, 5.41) is 0. The van der Waals surface area contributed by atoms with Gasteiger partial charge >= 0.3 is 0 Å². The van der Waals surface area contributed by atoms with Crippen LogP contribution in [0.5, 0.6) is 0 Å². The second kappa shape index (κ2) is 7.40. The lowest BCUT2D eigenvalue weighted by molar-refractivity contribution is -0.137. The van der Waals surface area contributed by atoms with Gasteiger partial charge in [0.2, 0.25) is 11.9 Å². The van der Waals surface area contributed by atoms with Crippen LogP contribution in [0.4, 0.5) is 10.3 Å². The largest absolute Gasteiger partial charge is 0.341 e. The lowest BCUT2D eigenvalue weighted by Crippen LogP contribution is -2.42. The van der Waals surface area contributed by atoms with Crippen molar-refractivity contribution in [1.82, 2.24) is 14.9 Å². The Morgan fingerprint density at radius 3 is 2.54 bits per heavy atom. The SMILES string of the molecule is O=C(C1CCN(c2ncccn2)CC1)N1CCCC1c1cccc(F)c1. The molecule has 26 heavy (non-hydrogen) atoms. The molecule has 0 N–H and O–H groups in total. The number of rotatable bonds is 3. The zero-order valence-corrected chi connectivity index (χ0v) is 14.7. The molecule has 1 atom stereocenters. The van der Waals surface area contributed by atoms with Crippen LogP contribution in [0.15, 0.2) is 42.7 Å². The fourth-order valence-corrected chi connectivity index (χ4v) is 4.11. The van der Waals surface area contributed by atoms with Crippen molar-refractivity contribution in [3.63, 3.8) is 0 Å². The van der Waals surface area contributed by atoms with Gasteiger partial charge in [0.1, 0.15) is 5.82 Å². The van der Waals surface area contributed by atoms with Gasteiger partial charge in [-0.15, -0.1) is 0 Å². The summed E-state index contributed by atoms with van der Waals surface area (Å²) in [5.41, 5.74) is 0.908. The third-order valence-corrected chi connectivity index (χ3v) is 5.45. The summed E-state index contributed by atoms with van der Waals surface area (Å²) in [6, 6.07) is 8.48. The van der Waals surface area contributed by atoms with E-state index >= 15 is 0 Å². The van der Waals surface area contributed by atoms with Crippen molar-refractivity contribution < 1.29 is 9.18 Å². The first-order valence-corrected chi connectivity index (χ1v) is 9.30. The van der Waals surface area contributed by atoms with Gasteiger partial charge in [-0.3, -0.25) is 4.79 Å². The molecule has 0 bridgehead atoms. The van der Waals surface area contributed by atoms with Crippen LogP contribution in [-0.2, 0) is 4.79 Å². The highest BCUT2D eigenvalue weighted by molar-refractivity contribution is 5.80. The first-order valence-electron chi connectivity index (χ1n) is 9.30. The van der Waals surface area contributed by atoms with Crippen molar-refractivity contribution in [2.75, 3.05) is 24.5 Å². The average Bonchev–Trinajstić information content (AvgIpc) is 3.18. The molecule has 3 heterocycles. The van der Waals surface area contributed by atoms with E-state index in [2.05, 4.69) is 14.9 Å². The van der Waals surface area contributed by atoms with Crippen LogP contribution in [0.25, 0.3) is 0 Å². The van der Waals surface area contributed by atoms with Gasteiger partial charge in [-0.25, -0.2) is 14.4 Å². The summed E-state index contributed by atoms with van der Waals surface area (Å²) in [6.07, 6.45) is 6.99. The minimum absolute atomic E-state index is 0.00804. The standard InChI is InChI=1S/C20H23FN4O/c21-17-5-1-4-16(14-17)18-6-2-11-25(18)19(26)15-7-12-24(13-8-15)20-22-9-3-10-23-20/h1,3-5,9-10,14-15,18H,2,6-8,11-13H2. The molecule has 2 saturated heterocycles. The molecule has 0 radical (unpaired) electrons. The van der Waals surface area contributed by atoms with Crippen molar-refractivity contribution in [2.24, 2.45) is 5.92 Å². The fourth-order valence-electron chi connectivity index (χ4n) is 4.11. The second-order valence-corrected chi connectivity index (χ2v) is 7.05. The number of hydrogen-bond acceptors (Lipinski definition) is 4. The molecular weight excluding hydrogens is 331 g/mol. The van der Waals surface area contributed by atoms with Crippen LogP contribution in [0.2, 0.25) is 0 Å². The average molecular weight is 354 g/mol. The minimum Gasteiger partial charge on any atom is -0.341 e. The van der Waals surface area contributed by atoms with Gasteiger partial charge in [0, 0.05) is 37.9 Å². The third-order valence-electron chi connectivity index (χ3n) is 5.45. The smallest absolute Gasteiger partial charge is 0.226 e. The summed E-state index contributed by atoms with van der Waals surface area (Å²) in [7, 11) is 0. The Morgan fingerprint density at radius 2 is 1.81 bits per heavy atom. The van der Waals surface area contributed by atoms with E-state index in [9.17, 15) is 9.18 Å². The maximum absolute atomic E-state index is 13.6. The van der Waals surface area contributed by atoms with Gasteiger partial charge in [0.25, 0.3) is 0 Å². The maximum Gasteiger partial charge on any atom is 0.226 e. The summed E-state index contributed by atoms with van der Waals surface area (Å²) in [5.74, 6) is 0.740. The number of benzene rings is 1. The molecule has 2 fully saturated rings. The molecule has 1 aromatic carbocycles. The third kappa shape index (κ3) is 3.41. The monoisotopic (exact) mass is 354 g/mol. The number of carbonyl (C=O) groups excluding carboxylic acids is 1. The van der Waals surface area contributed by atoms with E-state index in [0.717, 1.165) is 56.8 Å². The van der Waals surface area contributed by atoms with Gasteiger partial charge in [-0.2, -0.15) is 0 Å². The maximum atomic E-state index is 13.6. The van der Waals surface area contributed by atoms with Crippen LogP contribution in [0.1, 0.15) is 37.3 Å². The first-order chi connectivity index (χ1) is 12.7. The van der Waals surface area contributed by atoms with Crippen molar-refractivity contribution in [1.29, 1.82) is 0 Å². The zero-order chi connectivity index (χ0) is 17.9. The minimum atomic E-state index is -0.238. The van der Waals surface area contributed by atoms with Crippen LogP contribution in [-0.4, -0.2) is 40.4 Å². The highest BCUT2D eigenvalue weighted by Crippen LogP contribution is 2.35. The molecule has 0 aliphatic carbocycles. The molecule has 136 valence electrons. The Balaban J connectivity index is 1.41. The van der Waals surface area contributed by atoms with E-state index in [1.807, 2.05) is 11.0 Å². The molecule has 5 nitrogen and oxygen atoms in total. The molecule has 0 spiro atoms. The van der Waals surface area contributed by atoms with Crippen molar-refractivity contribution in [2.45, 2.75) is 31.7 Å². The number of anilines is 1. The molecule has 6 heteroatoms. The topological polar surface area (TPSA) is 49.3 Å². The number of halogens is 1. The predicted molar refractivity (Wildman–Crippen MR) is 97.1 cm³/mol. The van der Waals surface area contributed by atoms with E-state index in [4.69, 9.17) is 0 Å². The Hall–Kier alpha value is -2.50. The van der Waals surface area contributed by atoms with Crippen molar-refractivity contribution in [3.05, 3.63) is 54.1 Å². The number of hydrogen-bond donors (Lipinski definition) is 0. The molecule has 1 unspecified atom stereocenters. The molecule has 2 aromatic rings. The number of amides is 1. The van der Waals surface area contributed by atoms with E-state index in [1.54, 1.807) is 30.6 Å². The Bertz CT molecular complexity index is 761. The van der Waals surface area contributed by atoms with E-state index < -0.39 is 0 Å². The van der Waals surface area contributed by atoms with Crippen LogP contribution in [0.3, 0.4) is 0 Å². The van der Waals surface area contributed by atoms with Crippen LogP contribution in [0, 0.1) is 11.7 Å². The Kier molecular flexibility index (Phi) is 4.82. The summed E-state index contributed by atoms with van der Waals surface area (Å²) in [6.45, 7) is 2.35. The van der Waals surface area contributed by atoms with Gasteiger partial charge in [0.05, 0.1) is 6.04 Å². The Morgan fingerprint density at radius 1 is 1.04 bits per heavy atom. The van der Waals surface area contributed by atoms with E-state index in [-0.39, 0.29) is 23.7 Å². The lowest BCUT2D eigenvalue weighted by Gasteiger charge is -2.35. The fraction of sp³-hybridized carbons (Fsp3) is 0.450. The normalized spacial score (nSPS) is 21.2. The first kappa shape index (κ1) is 16.9. The van der Waals surface area contributed by atoms with Crippen LogP contribution < -0.4 is 4.90 Å². The van der Waals surface area contributed by atoms with Gasteiger partial charge in [-0.1, -0.05) is 12.1 Å². The molecule has 2 aliphatic rings. The summed E-state index contributed by atoms with van der Waals surface area (Å²) in [4.78, 5) is 25.8. The number of nitrogens with zero attached hydrogens (tertiary/aromatic N) is 4. The molecule has 1 amide bonds. The molecule has 1 aromatic heterocycles. The quantitative estimate of drug-likeness (QED) is 0.849. The van der Waals surface area contributed by atoms with Gasteiger partial charge in [0.15, 0.2) is 0 Å². The van der Waals surface area contributed by atoms with Gasteiger partial charge < -0.3 is 9.80 Å². The van der Waals surface area contributed by atoms with E-state index in [1.165, 1.54) is 6.07 Å². The number of aromatic nitrogens is 2. The summed E-state index contributed by atoms with van der Waals surface area (Å²) < 4.78 is 13.6. The molecule has 4 rings (SSSR count). The molecule has 0 saturated carbocycles. The Labute approximate surface area is 152 Å². The summed E-state index contributed by atoms with van der Waals surface area (Å²) >= 11 is 0. The van der Waals surface area contributed by atoms with Crippen molar-refractivity contribution >= 4 is 11.9 Å². The van der Waals surface area contributed by atoms with Crippen LogP contribution >= 0.6 is 0 Å². The predicted octanol–water partition coefficient (Wildman–Crippen LogP) is 3.20. The van der Waals surface area contributed by atoms with E-state index in [0.29, 0.717) is 0 Å². The van der Waals surface area contributed by atoms with Gasteiger partial charge in [-0.05, 0) is 49.4 Å². The number of piperidine rings is 1.